The van der Waals surface area contributed by atoms with Gasteiger partial charge in [-0.05, 0) is 23.4 Å². The highest BCUT2D eigenvalue weighted by Crippen LogP contribution is 2.17. The average Bonchev–Trinajstić information content (AvgIpc) is 1.92. The van der Waals surface area contributed by atoms with Crippen molar-refractivity contribution in [1.82, 2.24) is 0 Å². The highest BCUT2D eigenvalue weighted by molar-refractivity contribution is 6.89. The molecule has 0 aliphatic carbocycles. The van der Waals surface area contributed by atoms with Gasteiger partial charge in [0.1, 0.15) is 5.75 Å². The van der Waals surface area contributed by atoms with Crippen LogP contribution >= 0.6 is 11.6 Å². The van der Waals surface area contributed by atoms with Gasteiger partial charge in [-0.25, -0.2) is 0 Å². The highest BCUT2D eigenvalue weighted by atomic mass is 35.5. The van der Waals surface area contributed by atoms with E-state index in [4.69, 9.17) is 11.6 Å². The van der Waals surface area contributed by atoms with Crippen LogP contribution in [0, 0.1) is 0 Å². The van der Waals surface area contributed by atoms with Gasteiger partial charge in [0.2, 0.25) is 0 Å². The number of hydrogen-bond acceptors (Lipinski definition) is 1. The zero-order chi connectivity index (χ0) is 9.35. The monoisotopic (exact) mass is 200 g/mol. The van der Waals surface area contributed by atoms with Crippen molar-refractivity contribution in [3.05, 3.63) is 23.2 Å². The second kappa shape index (κ2) is 3.11. The third kappa shape index (κ3) is 2.02. The molecular weight excluding hydrogens is 188 g/mol. The standard InChI is InChI=1S/C9H13ClOSi/c1-12(2,3)9-6-7(10)4-5-8(9)11/h4-6,11H,1-3H3. The van der Waals surface area contributed by atoms with Crippen LogP contribution in [0.25, 0.3) is 0 Å². The van der Waals surface area contributed by atoms with E-state index in [-0.39, 0.29) is 0 Å². The minimum absolute atomic E-state index is 0.374. The molecule has 0 fully saturated rings. The summed E-state index contributed by atoms with van der Waals surface area (Å²) >= 11 is 5.83. The first-order chi connectivity index (χ1) is 5.41. The Morgan fingerprint density at radius 2 is 1.83 bits per heavy atom. The molecule has 1 N–H and O–H groups in total. The van der Waals surface area contributed by atoms with Crippen LogP contribution in [0.3, 0.4) is 0 Å². The Balaban J connectivity index is 3.23. The fourth-order valence-corrected chi connectivity index (χ4v) is 2.81. The minimum Gasteiger partial charge on any atom is -0.508 e. The first-order valence-corrected chi connectivity index (χ1v) is 7.78. The quantitative estimate of drug-likeness (QED) is 0.692. The summed E-state index contributed by atoms with van der Waals surface area (Å²) in [6, 6.07) is 5.24. The molecule has 0 saturated heterocycles. The second-order valence-corrected chi connectivity index (χ2v) is 9.39. The van der Waals surface area contributed by atoms with E-state index in [2.05, 4.69) is 19.6 Å². The molecule has 3 heteroatoms. The maximum absolute atomic E-state index is 9.55. The summed E-state index contributed by atoms with van der Waals surface area (Å²) in [5.74, 6) is 0.374. The molecule has 0 radical (unpaired) electrons. The summed E-state index contributed by atoms with van der Waals surface area (Å²) in [5, 5.41) is 11.3. The summed E-state index contributed by atoms with van der Waals surface area (Å²) in [4.78, 5) is 0. The second-order valence-electron chi connectivity index (χ2n) is 3.91. The molecule has 12 heavy (non-hydrogen) atoms. The van der Waals surface area contributed by atoms with Crippen molar-refractivity contribution < 1.29 is 5.11 Å². The topological polar surface area (TPSA) is 20.2 Å². The Hall–Kier alpha value is -0.473. The Labute approximate surface area is 79.0 Å². The Bertz CT molecular complexity index is 291. The van der Waals surface area contributed by atoms with Crippen LogP contribution in [-0.4, -0.2) is 13.2 Å². The van der Waals surface area contributed by atoms with E-state index in [0.29, 0.717) is 10.8 Å². The lowest BCUT2D eigenvalue weighted by molar-refractivity contribution is 0.479. The number of phenols is 1. The fourth-order valence-electron chi connectivity index (χ4n) is 1.11. The molecule has 0 aliphatic rings. The Morgan fingerprint density at radius 3 is 2.25 bits per heavy atom. The van der Waals surface area contributed by atoms with Crippen LogP contribution in [0.1, 0.15) is 0 Å². The smallest absolute Gasteiger partial charge is 0.114 e. The lowest BCUT2D eigenvalue weighted by Gasteiger charge is -2.17. The first kappa shape index (κ1) is 9.61. The molecule has 0 bridgehead atoms. The third-order valence-electron chi connectivity index (χ3n) is 1.77. The molecule has 0 spiro atoms. The van der Waals surface area contributed by atoms with Crippen LogP contribution < -0.4 is 5.19 Å². The van der Waals surface area contributed by atoms with E-state index in [1.165, 1.54) is 0 Å². The predicted octanol–water partition coefficient (Wildman–Crippen LogP) is 2.59. The van der Waals surface area contributed by atoms with Gasteiger partial charge in [0.15, 0.2) is 0 Å². The van der Waals surface area contributed by atoms with Crippen molar-refractivity contribution in [1.29, 1.82) is 0 Å². The van der Waals surface area contributed by atoms with Crippen LogP contribution in [0.4, 0.5) is 0 Å². The SMILES string of the molecule is C[Si](C)(C)c1cc(Cl)ccc1O. The van der Waals surface area contributed by atoms with Crippen LogP contribution in [-0.2, 0) is 0 Å². The van der Waals surface area contributed by atoms with E-state index in [1.54, 1.807) is 12.1 Å². The number of hydrogen-bond donors (Lipinski definition) is 1. The van der Waals surface area contributed by atoms with Crippen molar-refractivity contribution in [2.45, 2.75) is 19.6 Å². The zero-order valence-electron chi connectivity index (χ0n) is 7.56. The van der Waals surface area contributed by atoms with E-state index in [9.17, 15) is 5.11 Å². The van der Waals surface area contributed by atoms with E-state index >= 15 is 0 Å². The number of rotatable bonds is 1. The van der Waals surface area contributed by atoms with E-state index in [0.717, 1.165) is 5.19 Å². The molecule has 66 valence electrons. The summed E-state index contributed by atoms with van der Waals surface area (Å²) in [6.45, 7) is 6.54. The van der Waals surface area contributed by atoms with E-state index in [1.807, 2.05) is 6.07 Å². The minimum atomic E-state index is -1.44. The summed E-state index contributed by atoms with van der Waals surface area (Å²) in [5.41, 5.74) is 0. The van der Waals surface area contributed by atoms with Gasteiger partial charge >= 0.3 is 0 Å². The van der Waals surface area contributed by atoms with Gasteiger partial charge in [-0.3, -0.25) is 0 Å². The number of aromatic hydroxyl groups is 1. The van der Waals surface area contributed by atoms with Gasteiger partial charge in [0.25, 0.3) is 0 Å². The highest BCUT2D eigenvalue weighted by Gasteiger charge is 2.20. The van der Waals surface area contributed by atoms with Gasteiger partial charge in [-0.15, -0.1) is 0 Å². The molecule has 1 rings (SSSR count). The molecule has 0 aliphatic heterocycles. The molecule has 1 aromatic rings. The summed E-state index contributed by atoms with van der Waals surface area (Å²) < 4.78 is 0. The van der Waals surface area contributed by atoms with Gasteiger partial charge in [-0.1, -0.05) is 31.2 Å². The average molecular weight is 201 g/mol. The lowest BCUT2D eigenvalue weighted by atomic mass is 10.3. The van der Waals surface area contributed by atoms with Gasteiger partial charge in [-0.2, -0.15) is 0 Å². The number of benzene rings is 1. The summed E-state index contributed by atoms with van der Waals surface area (Å²) in [6.07, 6.45) is 0. The number of halogens is 1. The van der Waals surface area contributed by atoms with Crippen molar-refractivity contribution in [3.63, 3.8) is 0 Å². The predicted molar refractivity (Wildman–Crippen MR) is 56.1 cm³/mol. The molecule has 0 heterocycles. The maximum Gasteiger partial charge on any atom is 0.114 e. The molecule has 0 aromatic heterocycles. The fraction of sp³-hybridized carbons (Fsp3) is 0.333. The Morgan fingerprint density at radius 1 is 1.25 bits per heavy atom. The van der Waals surface area contributed by atoms with Crippen molar-refractivity contribution in [2.75, 3.05) is 0 Å². The molecule has 0 unspecified atom stereocenters. The van der Waals surface area contributed by atoms with Crippen molar-refractivity contribution in [2.24, 2.45) is 0 Å². The third-order valence-corrected chi connectivity index (χ3v) is 4.02. The van der Waals surface area contributed by atoms with Gasteiger partial charge < -0.3 is 5.11 Å². The molecule has 1 aromatic carbocycles. The van der Waals surface area contributed by atoms with Crippen LogP contribution in [0.15, 0.2) is 18.2 Å². The summed E-state index contributed by atoms with van der Waals surface area (Å²) in [7, 11) is -1.44. The van der Waals surface area contributed by atoms with Gasteiger partial charge in [0, 0.05) is 5.02 Å². The van der Waals surface area contributed by atoms with Crippen LogP contribution in [0.2, 0.25) is 24.7 Å². The first-order valence-electron chi connectivity index (χ1n) is 3.90. The van der Waals surface area contributed by atoms with E-state index < -0.39 is 8.07 Å². The Kier molecular flexibility index (Phi) is 2.49. The van der Waals surface area contributed by atoms with Crippen molar-refractivity contribution >= 4 is 24.9 Å². The maximum atomic E-state index is 9.55. The molecule has 0 amide bonds. The van der Waals surface area contributed by atoms with Crippen LogP contribution in [0.5, 0.6) is 5.75 Å². The van der Waals surface area contributed by atoms with Crippen molar-refractivity contribution in [3.8, 4) is 5.75 Å². The largest absolute Gasteiger partial charge is 0.508 e. The molecule has 0 atom stereocenters. The lowest BCUT2D eigenvalue weighted by Crippen LogP contribution is -2.37. The number of phenolic OH excluding ortho intramolecular Hbond substituents is 1. The zero-order valence-corrected chi connectivity index (χ0v) is 9.31. The molecule has 1 nitrogen and oxygen atoms in total. The molecule has 0 saturated carbocycles. The van der Waals surface area contributed by atoms with Gasteiger partial charge in [0.05, 0.1) is 8.07 Å². The normalized spacial score (nSPS) is 11.7. The molecular formula is C9H13ClOSi.